The Labute approximate surface area is 98.8 Å². The third-order valence-corrected chi connectivity index (χ3v) is 3.30. The molecule has 1 rings (SSSR count). The summed E-state index contributed by atoms with van der Waals surface area (Å²) in [4.78, 5) is 0. The first-order valence-corrected chi connectivity index (χ1v) is 6.06. The van der Waals surface area contributed by atoms with E-state index in [1.807, 2.05) is 19.1 Å². The second kappa shape index (κ2) is 5.35. The lowest BCUT2D eigenvalue weighted by Crippen LogP contribution is -2.41. The van der Waals surface area contributed by atoms with Crippen molar-refractivity contribution < 1.29 is 4.74 Å². The first-order chi connectivity index (χ1) is 7.54. The third kappa shape index (κ3) is 2.56. The van der Waals surface area contributed by atoms with E-state index < -0.39 is 0 Å². The minimum absolute atomic E-state index is 0.257. The fourth-order valence-electron chi connectivity index (χ4n) is 1.99. The van der Waals surface area contributed by atoms with Gasteiger partial charge in [0, 0.05) is 5.54 Å². The quantitative estimate of drug-likeness (QED) is 0.828. The zero-order valence-electron chi connectivity index (χ0n) is 10.8. The summed E-state index contributed by atoms with van der Waals surface area (Å²) in [6, 6.07) is 8.14. The topological polar surface area (TPSA) is 35.2 Å². The molecule has 0 aliphatic heterocycles. The number of hydrogen-bond donors (Lipinski definition) is 1. The van der Waals surface area contributed by atoms with Gasteiger partial charge in [0.1, 0.15) is 5.75 Å². The molecule has 1 aromatic carbocycles. The first kappa shape index (κ1) is 13.0. The average molecular weight is 221 g/mol. The molecule has 0 fully saturated rings. The van der Waals surface area contributed by atoms with Gasteiger partial charge in [0.15, 0.2) is 0 Å². The predicted molar refractivity (Wildman–Crippen MR) is 68.6 cm³/mol. The molecule has 0 amide bonds. The maximum Gasteiger partial charge on any atom is 0.119 e. The van der Waals surface area contributed by atoms with Crippen LogP contribution in [0.5, 0.6) is 5.75 Å². The lowest BCUT2D eigenvalue weighted by molar-refractivity contribution is 0.301. The molecule has 0 heterocycles. The van der Waals surface area contributed by atoms with Crippen LogP contribution in [0.25, 0.3) is 0 Å². The second-order valence-corrected chi connectivity index (χ2v) is 4.51. The number of hydrogen-bond acceptors (Lipinski definition) is 2. The van der Waals surface area contributed by atoms with Gasteiger partial charge in [-0.1, -0.05) is 32.9 Å². The maximum absolute atomic E-state index is 6.47. The summed E-state index contributed by atoms with van der Waals surface area (Å²) in [5, 5.41) is 0. The van der Waals surface area contributed by atoms with E-state index in [4.69, 9.17) is 10.5 Å². The summed E-state index contributed by atoms with van der Waals surface area (Å²) in [5.74, 6) is 1.32. The van der Waals surface area contributed by atoms with E-state index in [1.165, 1.54) is 0 Å². The van der Waals surface area contributed by atoms with Crippen molar-refractivity contribution in [2.75, 3.05) is 6.61 Å². The molecule has 0 radical (unpaired) electrons. The van der Waals surface area contributed by atoms with E-state index in [9.17, 15) is 0 Å². The highest BCUT2D eigenvalue weighted by Gasteiger charge is 2.29. The molecule has 0 saturated heterocycles. The molecular weight excluding hydrogens is 198 g/mol. The smallest absolute Gasteiger partial charge is 0.119 e. The molecule has 0 aliphatic carbocycles. The van der Waals surface area contributed by atoms with Crippen molar-refractivity contribution in [2.24, 2.45) is 11.7 Å². The van der Waals surface area contributed by atoms with Gasteiger partial charge in [0.25, 0.3) is 0 Å². The largest absolute Gasteiger partial charge is 0.494 e. The van der Waals surface area contributed by atoms with Gasteiger partial charge < -0.3 is 10.5 Å². The molecule has 16 heavy (non-hydrogen) atoms. The monoisotopic (exact) mass is 221 g/mol. The van der Waals surface area contributed by atoms with Crippen LogP contribution >= 0.6 is 0 Å². The van der Waals surface area contributed by atoms with Crippen molar-refractivity contribution in [2.45, 2.75) is 39.7 Å². The van der Waals surface area contributed by atoms with Crippen molar-refractivity contribution in [3.05, 3.63) is 29.8 Å². The maximum atomic E-state index is 6.47. The predicted octanol–water partition coefficient (Wildman–Crippen LogP) is 3.31. The fraction of sp³-hybridized carbons (Fsp3) is 0.571. The normalized spacial score (nSPS) is 14.9. The molecule has 1 atom stereocenters. The van der Waals surface area contributed by atoms with Crippen LogP contribution in [0.4, 0.5) is 0 Å². The molecule has 1 unspecified atom stereocenters. The van der Waals surface area contributed by atoms with Gasteiger partial charge in [-0.3, -0.25) is 0 Å². The summed E-state index contributed by atoms with van der Waals surface area (Å²) in [6.07, 6.45) is 0.931. The fourth-order valence-corrected chi connectivity index (χ4v) is 1.99. The van der Waals surface area contributed by atoms with E-state index in [2.05, 4.69) is 32.9 Å². The van der Waals surface area contributed by atoms with Crippen LogP contribution in [0.3, 0.4) is 0 Å². The molecule has 0 bridgehead atoms. The second-order valence-electron chi connectivity index (χ2n) is 4.51. The Morgan fingerprint density at radius 1 is 1.31 bits per heavy atom. The Morgan fingerprint density at radius 3 is 2.50 bits per heavy atom. The lowest BCUT2D eigenvalue weighted by Gasteiger charge is -2.33. The molecule has 0 aliphatic rings. The van der Waals surface area contributed by atoms with E-state index in [1.54, 1.807) is 0 Å². The summed E-state index contributed by atoms with van der Waals surface area (Å²) < 4.78 is 5.51. The molecule has 0 spiro atoms. The summed E-state index contributed by atoms with van der Waals surface area (Å²) in [6.45, 7) is 9.14. The van der Waals surface area contributed by atoms with Gasteiger partial charge in [-0.05, 0) is 37.0 Å². The van der Waals surface area contributed by atoms with Crippen molar-refractivity contribution in [3.8, 4) is 5.75 Å². The van der Waals surface area contributed by atoms with Crippen molar-refractivity contribution in [1.82, 2.24) is 0 Å². The number of nitrogens with two attached hydrogens (primary N) is 1. The van der Waals surface area contributed by atoms with Gasteiger partial charge in [-0.2, -0.15) is 0 Å². The van der Waals surface area contributed by atoms with Crippen molar-refractivity contribution >= 4 is 0 Å². The van der Waals surface area contributed by atoms with Gasteiger partial charge in [0.2, 0.25) is 0 Å². The highest BCUT2D eigenvalue weighted by atomic mass is 16.5. The van der Waals surface area contributed by atoms with Crippen LogP contribution in [0, 0.1) is 5.92 Å². The lowest BCUT2D eigenvalue weighted by atomic mass is 9.79. The van der Waals surface area contributed by atoms with E-state index in [0.717, 1.165) is 17.7 Å². The molecular formula is C14H23NO. The van der Waals surface area contributed by atoms with Crippen LogP contribution in [0.1, 0.15) is 39.7 Å². The van der Waals surface area contributed by atoms with Crippen LogP contribution < -0.4 is 10.5 Å². The molecule has 0 saturated carbocycles. The van der Waals surface area contributed by atoms with E-state index in [0.29, 0.717) is 12.5 Å². The summed E-state index contributed by atoms with van der Waals surface area (Å²) in [5.41, 5.74) is 7.38. The van der Waals surface area contributed by atoms with Crippen LogP contribution in [0.15, 0.2) is 24.3 Å². The standard InChI is InChI=1S/C14H23NO/c1-5-14(15,11(3)4)12-8-7-9-13(10-12)16-6-2/h7-11H,5-6,15H2,1-4H3. The van der Waals surface area contributed by atoms with Gasteiger partial charge in [0.05, 0.1) is 6.61 Å². The van der Waals surface area contributed by atoms with Crippen molar-refractivity contribution in [3.63, 3.8) is 0 Å². The van der Waals surface area contributed by atoms with Gasteiger partial charge in [-0.25, -0.2) is 0 Å². The molecule has 1 aromatic rings. The highest BCUT2D eigenvalue weighted by molar-refractivity contribution is 5.33. The minimum Gasteiger partial charge on any atom is -0.494 e. The molecule has 2 heteroatoms. The first-order valence-electron chi connectivity index (χ1n) is 6.06. The Hall–Kier alpha value is -1.02. The Kier molecular flexibility index (Phi) is 4.36. The minimum atomic E-state index is -0.257. The van der Waals surface area contributed by atoms with Crippen LogP contribution in [-0.2, 0) is 5.54 Å². The molecule has 2 nitrogen and oxygen atoms in total. The Bertz CT molecular complexity index is 335. The Balaban J connectivity index is 3.06. The van der Waals surface area contributed by atoms with Crippen LogP contribution in [-0.4, -0.2) is 6.61 Å². The molecule has 2 N–H and O–H groups in total. The highest BCUT2D eigenvalue weighted by Crippen LogP contribution is 2.31. The number of ether oxygens (including phenoxy) is 1. The van der Waals surface area contributed by atoms with Gasteiger partial charge >= 0.3 is 0 Å². The van der Waals surface area contributed by atoms with Crippen molar-refractivity contribution in [1.29, 1.82) is 0 Å². The average Bonchev–Trinajstić information content (AvgIpc) is 2.28. The van der Waals surface area contributed by atoms with Gasteiger partial charge in [-0.15, -0.1) is 0 Å². The zero-order chi connectivity index (χ0) is 12.2. The summed E-state index contributed by atoms with van der Waals surface area (Å²) >= 11 is 0. The number of rotatable bonds is 5. The summed E-state index contributed by atoms with van der Waals surface area (Å²) in [7, 11) is 0. The van der Waals surface area contributed by atoms with E-state index >= 15 is 0 Å². The van der Waals surface area contributed by atoms with Crippen LogP contribution in [0.2, 0.25) is 0 Å². The third-order valence-electron chi connectivity index (χ3n) is 3.30. The molecule has 90 valence electrons. The zero-order valence-corrected chi connectivity index (χ0v) is 10.8. The number of benzene rings is 1. The SMILES string of the molecule is CCOc1cccc(C(N)(CC)C(C)C)c1. The molecule has 0 aromatic heterocycles. The Morgan fingerprint density at radius 2 is 2.00 bits per heavy atom. The van der Waals surface area contributed by atoms with E-state index in [-0.39, 0.29) is 5.54 Å².